The maximum absolute atomic E-state index is 11.5. The fourth-order valence-electron chi connectivity index (χ4n) is 1.75. The molecule has 0 aromatic heterocycles. The molecule has 100 valence electrons. The number of amides is 1. The summed E-state index contributed by atoms with van der Waals surface area (Å²) in [6, 6.07) is 8.74. The lowest BCUT2D eigenvalue weighted by Gasteiger charge is -2.11. The minimum Gasteiger partial charge on any atom is -0.482 e. The molecule has 1 saturated carbocycles. The normalized spacial score (nSPS) is 15.4. The highest BCUT2D eigenvalue weighted by molar-refractivity contribution is 5.77. The van der Waals surface area contributed by atoms with E-state index in [-0.39, 0.29) is 19.1 Å². The van der Waals surface area contributed by atoms with E-state index in [9.17, 15) is 9.90 Å². The molecule has 19 heavy (non-hydrogen) atoms. The van der Waals surface area contributed by atoms with Crippen LogP contribution >= 0.6 is 0 Å². The van der Waals surface area contributed by atoms with Crippen molar-refractivity contribution in [3.8, 4) is 11.8 Å². The Morgan fingerprint density at radius 2 is 2.26 bits per heavy atom. The molecule has 1 aromatic carbocycles. The number of hydrogen-bond donors (Lipinski definition) is 2. The van der Waals surface area contributed by atoms with Crippen LogP contribution in [-0.4, -0.2) is 30.3 Å². The van der Waals surface area contributed by atoms with Gasteiger partial charge < -0.3 is 15.2 Å². The number of aliphatic hydroxyl groups excluding tert-OH is 1. The molecular weight excluding hydrogens is 244 g/mol. The maximum atomic E-state index is 11.5. The Bertz CT molecular complexity index is 492. The number of aliphatic hydroxyl groups is 1. The van der Waals surface area contributed by atoms with Crippen LogP contribution in [0.1, 0.15) is 18.4 Å². The highest BCUT2D eigenvalue weighted by Crippen LogP contribution is 2.32. The second-order valence-electron chi connectivity index (χ2n) is 4.61. The molecule has 2 N–H and O–H groups in total. The zero-order valence-electron chi connectivity index (χ0n) is 10.5. The predicted molar refractivity (Wildman–Crippen MR) is 68.4 cm³/mol. The van der Waals surface area contributed by atoms with Crippen molar-refractivity contribution in [3.63, 3.8) is 0 Å². The van der Waals surface area contributed by atoms with Crippen molar-refractivity contribution in [2.75, 3.05) is 13.2 Å². The molecule has 1 aliphatic rings. The van der Waals surface area contributed by atoms with E-state index in [0.717, 1.165) is 12.8 Å². The summed E-state index contributed by atoms with van der Waals surface area (Å²) >= 11 is 0. The van der Waals surface area contributed by atoms with Gasteiger partial charge in [-0.05, 0) is 30.9 Å². The number of nitrogens with zero attached hydrogens (tertiary/aromatic N) is 1. The molecule has 5 nitrogen and oxygen atoms in total. The molecule has 0 heterocycles. The van der Waals surface area contributed by atoms with Crippen LogP contribution < -0.4 is 10.1 Å². The van der Waals surface area contributed by atoms with Gasteiger partial charge >= 0.3 is 0 Å². The van der Waals surface area contributed by atoms with Crippen LogP contribution in [0.25, 0.3) is 0 Å². The summed E-state index contributed by atoms with van der Waals surface area (Å²) in [5.74, 6) is 0.427. The van der Waals surface area contributed by atoms with Gasteiger partial charge in [0.2, 0.25) is 0 Å². The minimum atomic E-state index is -0.463. The molecule has 0 radical (unpaired) electrons. The van der Waals surface area contributed by atoms with Gasteiger partial charge in [-0.2, -0.15) is 5.26 Å². The highest BCUT2D eigenvalue weighted by atomic mass is 16.5. The molecule has 1 unspecified atom stereocenters. The van der Waals surface area contributed by atoms with Crippen LogP contribution in [0.4, 0.5) is 0 Å². The van der Waals surface area contributed by atoms with Gasteiger partial charge in [0.25, 0.3) is 5.91 Å². The Labute approximate surface area is 111 Å². The lowest BCUT2D eigenvalue weighted by molar-refractivity contribution is -0.123. The molecular formula is C14H16N2O3. The molecule has 1 atom stereocenters. The summed E-state index contributed by atoms with van der Waals surface area (Å²) in [4.78, 5) is 11.5. The topological polar surface area (TPSA) is 82.3 Å². The van der Waals surface area contributed by atoms with Crippen LogP contribution in [-0.2, 0) is 4.79 Å². The number of carbonyl (C=O) groups is 1. The van der Waals surface area contributed by atoms with Crippen molar-refractivity contribution >= 4 is 5.91 Å². The van der Waals surface area contributed by atoms with Crippen LogP contribution in [0, 0.1) is 17.2 Å². The van der Waals surface area contributed by atoms with Crippen molar-refractivity contribution in [2.45, 2.75) is 18.9 Å². The Morgan fingerprint density at radius 3 is 2.95 bits per heavy atom. The molecule has 1 fully saturated rings. The van der Waals surface area contributed by atoms with Gasteiger partial charge in [0, 0.05) is 6.54 Å². The first-order valence-corrected chi connectivity index (χ1v) is 6.27. The van der Waals surface area contributed by atoms with E-state index < -0.39 is 6.10 Å². The maximum Gasteiger partial charge on any atom is 0.258 e. The summed E-state index contributed by atoms with van der Waals surface area (Å²) in [7, 11) is 0. The van der Waals surface area contributed by atoms with Crippen molar-refractivity contribution in [1.29, 1.82) is 5.26 Å². The monoisotopic (exact) mass is 260 g/mol. The van der Waals surface area contributed by atoms with Gasteiger partial charge in [-0.15, -0.1) is 0 Å². The lowest BCUT2D eigenvalue weighted by Crippen LogP contribution is -2.36. The average molecular weight is 260 g/mol. The van der Waals surface area contributed by atoms with Gasteiger partial charge in [-0.25, -0.2) is 0 Å². The molecule has 0 bridgehead atoms. The number of ether oxygens (including phenoxy) is 1. The van der Waals surface area contributed by atoms with Crippen LogP contribution in [0.5, 0.6) is 5.75 Å². The Morgan fingerprint density at radius 1 is 1.53 bits per heavy atom. The smallest absolute Gasteiger partial charge is 0.258 e. The summed E-state index contributed by atoms with van der Waals surface area (Å²) in [6.45, 7) is 0.100. The quantitative estimate of drug-likeness (QED) is 0.793. The Kier molecular flexibility index (Phi) is 4.37. The molecule has 0 spiro atoms. The lowest BCUT2D eigenvalue weighted by atomic mass is 10.2. The molecule has 1 aliphatic carbocycles. The van der Waals surface area contributed by atoms with Gasteiger partial charge in [-0.1, -0.05) is 12.1 Å². The number of carbonyl (C=O) groups excluding carboxylic acids is 1. The summed E-state index contributed by atoms with van der Waals surface area (Å²) in [5, 5.41) is 21.1. The first-order chi connectivity index (χ1) is 9.20. The van der Waals surface area contributed by atoms with Crippen molar-refractivity contribution < 1.29 is 14.6 Å². The third-order valence-electron chi connectivity index (χ3n) is 3.04. The van der Waals surface area contributed by atoms with E-state index in [0.29, 0.717) is 17.2 Å². The fraction of sp³-hybridized carbons (Fsp3) is 0.429. The van der Waals surface area contributed by atoms with Crippen LogP contribution in [0.3, 0.4) is 0 Å². The van der Waals surface area contributed by atoms with Gasteiger partial charge in [-0.3, -0.25) is 4.79 Å². The fourth-order valence-corrected chi connectivity index (χ4v) is 1.75. The Hall–Kier alpha value is -2.06. The number of para-hydroxylation sites is 1. The molecule has 1 aromatic rings. The summed E-state index contributed by atoms with van der Waals surface area (Å²) in [6.07, 6.45) is 1.60. The first-order valence-electron chi connectivity index (χ1n) is 6.27. The molecule has 2 rings (SSSR count). The first kappa shape index (κ1) is 13.4. The molecule has 0 saturated heterocycles. The molecule has 5 heteroatoms. The largest absolute Gasteiger partial charge is 0.482 e. The molecule has 0 aliphatic heterocycles. The van der Waals surface area contributed by atoms with Crippen LogP contribution in [0.15, 0.2) is 24.3 Å². The van der Waals surface area contributed by atoms with Gasteiger partial charge in [0.05, 0.1) is 11.7 Å². The second-order valence-corrected chi connectivity index (χ2v) is 4.61. The van der Waals surface area contributed by atoms with Crippen molar-refractivity contribution in [3.05, 3.63) is 29.8 Å². The zero-order chi connectivity index (χ0) is 13.7. The number of benzene rings is 1. The third kappa shape index (κ3) is 3.97. The molecule has 1 amide bonds. The van der Waals surface area contributed by atoms with E-state index in [2.05, 4.69) is 5.32 Å². The summed E-state index contributed by atoms with van der Waals surface area (Å²) < 4.78 is 5.28. The standard InChI is InChI=1S/C14H16N2O3/c15-7-11-3-1-2-4-13(11)19-9-14(18)16-8-12(17)10-5-6-10/h1-4,10,12,17H,5-6,8-9H2,(H,16,18). The average Bonchev–Trinajstić information content (AvgIpc) is 3.27. The van der Waals surface area contributed by atoms with E-state index in [1.165, 1.54) is 0 Å². The number of nitrogens with one attached hydrogen (secondary N) is 1. The van der Waals surface area contributed by atoms with Crippen LogP contribution in [0.2, 0.25) is 0 Å². The third-order valence-corrected chi connectivity index (χ3v) is 3.04. The predicted octanol–water partition coefficient (Wildman–Crippen LogP) is 0.824. The van der Waals surface area contributed by atoms with E-state index in [1.54, 1.807) is 24.3 Å². The number of rotatable bonds is 6. The van der Waals surface area contributed by atoms with Crippen molar-refractivity contribution in [2.24, 2.45) is 5.92 Å². The van der Waals surface area contributed by atoms with E-state index in [4.69, 9.17) is 10.00 Å². The highest BCUT2D eigenvalue weighted by Gasteiger charge is 2.29. The second kappa shape index (κ2) is 6.21. The number of nitriles is 1. The van der Waals surface area contributed by atoms with Gasteiger partial charge in [0.15, 0.2) is 6.61 Å². The van der Waals surface area contributed by atoms with E-state index >= 15 is 0 Å². The SMILES string of the molecule is N#Cc1ccccc1OCC(=O)NCC(O)C1CC1. The minimum absolute atomic E-state index is 0.157. The Balaban J connectivity index is 1.75. The van der Waals surface area contributed by atoms with Crippen molar-refractivity contribution in [1.82, 2.24) is 5.32 Å². The summed E-state index contributed by atoms with van der Waals surface area (Å²) in [5.41, 5.74) is 0.397. The zero-order valence-corrected chi connectivity index (χ0v) is 10.5. The van der Waals surface area contributed by atoms with E-state index in [1.807, 2.05) is 6.07 Å². The van der Waals surface area contributed by atoms with Gasteiger partial charge in [0.1, 0.15) is 11.8 Å². The number of hydrogen-bond acceptors (Lipinski definition) is 4.